The maximum Gasteiger partial charge on any atom is 0.184 e. The van der Waals surface area contributed by atoms with Gasteiger partial charge < -0.3 is 9.16 Å². The number of methoxy groups -OCH3 is 1. The number of carbonyl (C=O) groups excluding carboxylic acids is 1. The van der Waals surface area contributed by atoms with Crippen LogP contribution in [0.25, 0.3) is 0 Å². The van der Waals surface area contributed by atoms with Gasteiger partial charge in [0.05, 0.1) is 7.11 Å². The van der Waals surface area contributed by atoms with Crippen molar-refractivity contribution < 1.29 is 14.0 Å². The Balaban J connectivity index is 1.64. The van der Waals surface area contributed by atoms with Gasteiger partial charge in [0, 0.05) is 11.8 Å². The van der Waals surface area contributed by atoms with Crippen molar-refractivity contribution in [1.82, 2.24) is 0 Å². The van der Waals surface area contributed by atoms with Crippen LogP contribution in [0.2, 0.25) is 19.6 Å². The van der Waals surface area contributed by atoms with E-state index in [4.69, 9.17) is 9.16 Å². The smallest absolute Gasteiger partial charge is 0.184 e. The van der Waals surface area contributed by atoms with Crippen LogP contribution in [0, 0.1) is 17.3 Å². The summed E-state index contributed by atoms with van der Waals surface area (Å²) in [6, 6.07) is 6.60. The number of hydrogen-bond acceptors (Lipinski definition) is 3. The maximum atomic E-state index is 12.9. The van der Waals surface area contributed by atoms with Crippen molar-refractivity contribution >= 4 is 14.1 Å². The molecule has 0 aromatic heterocycles. The van der Waals surface area contributed by atoms with Crippen molar-refractivity contribution in [2.45, 2.75) is 70.7 Å². The normalized spacial score (nSPS) is 36.3. The molecule has 0 heterocycles. The molecule has 5 atom stereocenters. The van der Waals surface area contributed by atoms with E-state index in [1.807, 2.05) is 0 Å². The lowest BCUT2D eigenvalue weighted by Gasteiger charge is -2.50. The monoisotopic (exact) mass is 372 g/mol. The average molecular weight is 373 g/mol. The SMILES string of the molecule is COc1ccc2c(c1)CCC1C2CCC2(C)C(O[Si](C)(C)C)C(=O)CC12. The molecular weight excluding hydrogens is 340 g/mol. The fourth-order valence-electron chi connectivity index (χ4n) is 5.99. The third kappa shape index (κ3) is 2.86. The van der Waals surface area contributed by atoms with Crippen molar-refractivity contribution in [3.8, 4) is 5.75 Å². The Morgan fingerprint density at radius 3 is 2.65 bits per heavy atom. The summed E-state index contributed by atoms with van der Waals surface area (Å²) in [5.74, 6) is 3.02. The first-order chi connectivity index (χ1) is 12.2. The summed E-state index contributed by atoms with van der Waals surface area (Å²) in [6.45, 7) is 8.94. The van der Waals surface area contributed by atoms with Gasteiger partial charge in [-0.05, 0) is 86.3 Å². The molecule has 0 saturated heterocycles. The van der Waals surface area contributed by atoms with Gasteiger partial charge in [-0.15, -0.1) is 0 Å². The predicted octanol–water partition coefficient (Wildman–Crippen LogP) is 4.95. The fourth-order valence-corrected chi connectivity index (χ4v) is 7.10. The molecule has 3 aliphatic carbocycles. The molecule has 0 bridgehead atoms. The molecule has 4 heteroatoms. The standard InChI is InChI=1S/C22H32O3Si/c1-22-11-10-17-16-9-7-15(24-2)12-14(16)6-8-18(17)19(22)13-20(23)21(22)25-26(3,4)5/h7,9,12,17-19,21H,6,8,10-11,13H2,1-5H3. The second-order valence-corrected chi connectivity index (χ2v) is 14.3. The summed E-state index contributed by atoms with van der Waals surface area (Å²) >= 11 is 0. The van der Waals surface area contributed by atoms with Gasteiger partial charge in [0.2, 0.25) is 0 Å². The van der Waals surface area contributed by atoms with Crippen molar-refractivity contribution in [3.05, 3.63) is 29.3 Å². The van der Waals surface area contributed by atoms with E-state index in [9.17, 15) is 4.79 Å². The minimum Gasteiger partial charge on any atom is -0.497 e. The number of aryl methyl sites for hydroxylation is 1. The Kier molecular flexibility index (Phi) is 4.35. The lowest BCUT2D eigenvalue weighted by atomic mass is 9.55. The van der Waals surface area contributed by atoms with Gasteiger partial charge in [0.1, 0.15) is 11.9 Å². The number of ketones is 1. The quantitative estimate of drug-likeness (QED) is 0.704. The third-order valence-electron chi connectivity index (χ3n) is 7.16. The molecule has 2 saturated carbocycles. The molecule has 0 aliphatic heterocycles. The number of ether oxygens (including phenoxy) is 1. The first-order valence-corrected chi connectivity index (χ1v) is 13.5. The van der Waals surface area contributed by atoms with Crippen molar-refractivity contribution in [3.63, 3.8) is 0 Å². The van der Waals surface area contributed by atoms with E-state index in [1.165, 1.54) is 24.0 Å². The number of carbonyl (C=O) groups is 1. The van der Waals surface area contributed by atoms with Crippen molar-refractivity contribution in [2.75, 3.05) is 7.11 Å². The molecule has 0 spiro atoms. The van der Waals surface area contributed by atoms with E-state index in [-0.39, 0.29) is 11.5 Å². The highest BCUT2D eigenvalue weighted by molar-refractivity contribution is 6.69. The third-order valence-corrected chi connectivity index (χ3v) is 8.10. The zero-order chi connectivity index (χ0) is 18.7. The summed E-state index contributed by atoms with van der Waals surface area (Å²) in [5, 5.41) is 0. The Morgan fingerprint density at radius 1 is 1.19 bits per heavy atom. The summed E-state index contributed by atoms with van der Waals surface area (Å²) < 4.78 is 11.9. The van der Waals surface area contributed by atoms with Crippen LogP contribution in [0.4, 0.5) is 0 Å². The van der Waals surface area contributed by atoms with Crippen LogP contribution in [0.3, 0.4) is 0 Å². The van der Waals surface area contributed by atoms with Crippen LogP contribution in [0.1, 0.15) is 49.7 Å². The molecule has 0 amide bonds. The zero-order valence-electron chi connectivity index (χ0n) is 16.8. The zero-order valence-corrected chi connectivity index (χ0v) is 17.8. The average Bonchev–Trinajstić information content (AvgIpc) is 2.84. The number of rotatable bonds is 3. The molecule has 3 aliphatic rings. The molecule has 26 heavy (non-hydrogen) atoms. The summed E-state index contributed by atoms with van der Waals surface area (Å²) in [6.07, 6.45) is 5.13. The lowest BCUT2D eigenvalue weighted by molar-refractivity contribution is -0.126. The van der Waals surface area contributed by atoms with Gasteiger partial charge >= 0.3 is 0 Å². The van der Waals surface area contributed by atoms with Gasteiger partial charge in [-0.25, -0.2) is 0 Å². The molecule has 3 nitrogen and oxygen atoms in total. The molecule has 5 unspecified atom stereocenters. The maximum absolute atomic E-state index is 12.9. The van der Waals surface area contributed by atoms with Gasteiger partial charge in [-0.3, -0.25) is 4.79 Å². The first-order valence-electron chi connectivity index (χ1n) is 10.1. The number of fused-ring (bicyclic) bond motifs is 5. The molecule has 0 radical (unpaired) electrons. The summed E-state index contributed by atoms with van der Waals surface area (Å²) in [7, 11) is 0.00443. The molecule has 1 aromatic carbocycles. The first kappa shape index (κ1) is 18.2. The summed E-state index contributed by atoms with van der Waals surface area (Å²) in [4.78, 5) is 12.9. The highest BCUT2D eigenvalue weighted by Gasteiger charge is 2.59. The van der Waals surface area contributed by atoms with E-state index in [2.05, 4.69) is 44.8 Å². The molecule has 2 fully saturated rings. The van der Waals surface area contributed by atoms with Crippen LogP contribution in [-0.4, -0.2) is 27.3 Å². The van der Waals surface area contributed by atoms with Crippen LogP contribution in [0.5, 0.6) is 5.75 Å². The molecule has 0 N–H and O–H groups in total. The minimum atomic E-state index is -1.73. The summed E-state index contributed by atoms with van der Waals surface area (Å²) in [5.41, 5.74) is 2.99. The largest absolute Gasteiger partial charge is 0.497 e. The minimum absolute atomic E-state index is 0.0303. The topological polar surface area (TPSA) is 35.5 Å². The Labute approximate surface area is 158 Å². The van der Waals surface area contributed by atoms with E-state index < -0.39 is 8.32 Å². The highest BCUT2D eigenvalue weighted by atomic mass is 28.4. The van der Waals surface area contributed by atoms with Crippen LogP contribution < -0.4 is 4.74 Å². The second kappa shape index (κ2) is 6.20. The van der Waals surface area contributed by atoms with Gasteiger partial charge in [0.25, 0.3) is 0 Å². The van der Waals surface area contributed by atoms with E-state index in [1.54, 1.807) is 7.11 Å². The number of Topliss-reactive ketones (excluding diaryl/α,β-unsaturated/α-hetero) is 1. The van der Waals surface area contributed by atoms with Crippen LogP contribution in [-0.2, 0) is 15.6 Å². The Hall–Kier alpha value is -1.13. The molecule has 4 rings (SSSR count). The molecule has 1 aromatic rings. The fraction of sp³-hybridized carbons (Fsp3) is 0.682. The van der Waals surface area contributed by atoms with Gasteiger partial charge in [0.15, 0.2) is 14.1 Å². The Morgan fingerprint density at radius 2 is 1.96 bits per heavy atom. The lowest BCUT2D eigenvalue weighted by Crippen LogP contribution is -2.48. The predicted molar refractivity (Wildman–Crippen MR) is 106 cm³/mol. The van der Waals surface area contributed by atoms with Gasteiger partial charge in [-0.1, -0.05) is 13.0 Å². The van der Waals surface area contributed by atoms with Crippen LogP contribution in [0.15, 0.2) is 18.2 Å². The number of hydrogen-bond donors (Lipinski definition) is 0. The Bertz CT molecular complexity index is 723. The van der Waals surface area contributed by atoms with E-state index in [0.29, 0.717) is 23.5 Å². The van der Waals surface area contributed by atoms with E-state index in [0.717, 1.165) is 25.0 Å². The highest BCUT2D eigenvalue weighted by Crippen LogP contribution is 2.61. The number of benzene rings is 1. The molecule has 142 valence electrons. The van der Waals surface area contributed by atoms with Crippen LogP contribution >= 0.6 is 0 Å². The van der Waals surface area contributed by atoms with Crippen molar-refractivity contribution in [1.29, 1.82) is 0 Å². The van der Waals surface area contributed by atoms with Gasteiger partial charge in [-0.2, -0.15) is 0 Å². The second-order valence-electron chi connectivity index (χ2n) is 9.81. The van der Waals surface area contributed by atoms with E-state index >= 15 is 0 Å². The molecular formula is C22H32O3Si. The van der Waals surface area contributed by atoms with Crippen molar-refractivity contribution in [2.24, 2.45) is 17.3 Å².